The number of anilines is 1. The van der Waals surface area contributed by atoms with Gasteiger partial charge in [0.2, 0.25) is 0 Å². The third kappa shape index (κ3) is 2.84. The first-order chi connectivity index (χ1) is 7.21. The number of allylic oxidation sites excluding steroid dienone is 1. The molecular weight excluding hydrogens is 192 g/mol. The summed E-state index contributed by atoms with van der Waals surface area (Å²) in [7, 11) is 0. The summed E-state index contributed by atoms with van der Waals surface area (Å²) in [6, 6.07) is 4.99. The molecule has 0 saturated carbocycles. The van der Waals surface area contributed by atoms with Gasteiger partial charge in [0.25, 0.3) is 0 Å². The number of phenols is 1. The van der Waals surface area contributed by atoms with Gasteiger partial charge in [-0.2, -0.15) is 0 Å². The standard InChI is InChI=1S/C11H14N2O2/c1-2-9(7-14)13-10-5-8(6-12)3-4-11(10)15/h3-5,13,15H,2,6,12H2,1H3. The van der Waals surface area contributed by atoms with Gasteiger partial charge < -0.3 is 16.2 Å². The molecule has 15 heavy (non-hydrogen) atoms. The summed E-state index contributed by atoms with van der Waals surface area (Å²) >= 11 is 0. The van der Waals surface area contributed by atoms with Crippen LogP contribution < -0.4 is 11.1 Å². The number of hydrogen-bond acceptors (Lipinski definition) is 4. The van der Waals surface area contributed by atoms with Gasteiger partial charge in [0, 0.05) is 6.54 Å². The van der Waals surface area contributed by atoms with E-state index in [0.717, 1.165) is 5.56 Å². The van der Waals surface area contributed by atoms with Crippen molar-refractivity contribution in [3.63, 3.8) is 0 Å². The molecule has 4 nitrogen and oxygen atoms in total. The van der Waals surface area contributed by atoms with E-state index in [1.54, 1.807) is 24.1 Å². The van der Waals surface area contributed by atoms with Crippen molar-refractivity contribution in [2.75, 3.05) is 5.32 Å². The zero-order chi connectivity index (χ0) is 11.3. The molecule has 4 heteroatoms. The lowest BCUT2D eigenvalue weighted by Gasteiger charge is -2.09. The predicted molar refractivity (Wildman–Crippen MR) is 59.1 cm³/mol. The van der Waals surface area contributed by atoms with Crippen LogP contribution in [0, 0.1) is 0 Å². The first-order valence-corrected chi connectivity index (χ1v) is 4.74. The van der Waals surface area contributed by atoms with E-state index < -0.39 is 0 Å². The van der Waals surface area contributed by atoms with E-state index >= 15 is 0 Å². The first-order valence-electron chi connectivity index (χ1n) is 4.74. The molecule has 0 heterocycles. The highest BCUT2D eigenvalue weighted by Gasteiger charge is 2.03. The van der Waals surface area contributed by atoms with Gasteiger partial charge in [-0.3, -0.25) is 0 Å². The Bertz CT molecular complexity index is 396. The molecule has 0 aliphatic carbocycles. The van der Waals surface area contributed by atoms with Crippen LogP contribution in [0.15, 0.2) is 23.9 Å². The quantitative estimate of drug-likeness (QED) is 0.514. The summed E-state index contributed by atoms with van der Waals surface area (Å²) in [5.41, 5.74) is 7.24. The highest BCUT2D eigenvalue weighted by molar-refractivity contribution is 5.66. The minimum atomic E-state index is 0.0911. The van der Waals surface area contributed by atoms with Crippen LogP contribution in [0.1, 0.15) is 18.9 Å². The van der Waals surface area contributed by atoms with Crippen LogP contribution in [0.4, 0.5) is 5.69 Å². The van der Waals surface area contributed by atoms with Crippen LogP contribution >= 0.6 is 0 Å². The van der Waals surface area contributed by atoms with Crippen molar-refractivity contribution >= 4 is 11.6 Å². The minimum Gasteiger partial charge on any atom is -0.506 e. The second-order valence-corrected chi connectivity index (χ2v) is 3.11. The number of nitrogens with one attached hydrogen (secondary N) is 1. The van der Waals surface area contributed by atoms with Gasteiger partial charge in [-0.1, -0.05) is 13.0 Å². The maximum absolute atomic E-state index is 10.5. The highest BCUT2D eigenvalue weighted by Crippen LogP contribution is 2.25. The molecule has 1 aromatic rings. The third-order valence-corrected chi connectivity index (χ3v) is 2.06. The van der Waals surface area contributed by atoms with Crippen LogP contribution in [-0.2, 0) is 11.3 Å². The molecule has 0 saturated heterocycles. The highest BCUT2D eigenvalue weighted by atomic mass is 16.3. The number of carbonyl (C=O) groups excluding carboxylic acids is 1. The van der Waals surface area contributed by atoms with E-state index in [4.69, 9.17) is 5.73 Å². The summed E-state index contributed by atoms with van der Waals surface area (Å²) in [6.07, 6.45) is 0.537. The van der Waals surface area contributed by atoms with Crippen molar-refractivity contribution in [1.82, 2.24) is 0 Å². The molecule has 4 N–H and O–H groups in total. The lowest BCUT2D eigenvalue weighted by atomic mass is 10.2. The van der Waals surface area contributed by atoms with Gasteiger partial charge in [0.15, 0.2) is 0 Å². The van der Waals surface area contributed by atoms with Gasteiger partial charge in [-0.25, -0.2) is 4.79 Å². The van der Waals surface area contributed by atoms with Crippen molar-refractivity contribution in [2.24, 2.45) is 5.73 Å². The van der Waals surface area contributed by atoms with Crippen LogP contribution in [0.2, 0.25) is 0 Å². The first kappa shape index (κ1) is 11.3. The summed E-state index contributed by atoms with van der Waals surface area (Å²) in [6.45, 7) is 2.22. The molecule has 1 aromatic carbocycles. The Morgan fingerprint density at radius 3 is 2.87 bits per heavy atom. The van der Waals surface area contributed by atoms with Crippen molar-refractivity contribution in [3.8, 4) is 5.75 Å². The SMILES string of the molecule is CCC(=C=O)Nc1cc(CN)ccc1O. The van der Waals surface area contributed by atoms with Crippen molar-refractivity contribution in [1.29, 1.82) is 0 Å². The molecule has 80 valence electrons. The van der Waals surface area contributed by atoms with E-state index in [1.807, 2.05) is 6.92 Å². The van der Waals surface area contributed by atoms with Crippen LogP contribution in [-0.4, -0.2) is 11.0 Å². The molecule has 0 bridgehead atoms. The number of hydrogen-bond donors (Lipinski definition) is 3. The van der Waals surface area contributed by atoms with Gasteiger partial charge in [-0.05, 0) is 24.1 Å². The molecule has 0 aliphatic rings. The van der Waals surface area contributed by atoms with Crippen LogP contribution in [0.25, 0.3) is 0 Å². The van der Waals surface area contributed by atoms with E-state index in [1.165, 1.54) is 0 Å². The van der Waals surface area contributed by atoms with Gasteiger partial charge in [-0.15, -0.1) is 0 Å². The molecule has 0 aromatic heterocycles. The zero-order valence-corrected chi connectivity index (χ0v) is 8.58. The molecular formula is C11H14N2O2. The molecule has 0 fully saturated rings. The molecule has 0 amide bonds. The fourth-order valence-electron chi connectivity index (χ4n) is 1.16. The summed E-state index contributed by atoms with van der Waals surface area (Å²) in [4.78, 5) is 10.5. The Morgan fingerprint density at radius 2 is 2.33 bits per heavy atom. The van der Waals surface area contributed by atoms with Gasteiger partial charge in [0.1, 0.15) is 17.4 Å². The van der Waals surface area contributed by atoms with E-state index in [-0.39, 0.29) is 5.75 Å². The number of phenolic OH excluding ortho intramolecular Hbond substituents is 1. The Kier molecular flexibility index (Phi) is 3.92. The normalized spacial score (nSPS) is 9.47. The summed E-state index contributed by atoms with van der Waals surface area (Å²) in [5, 5.41) is 12.3. The molecule has 0 unspecified atom stereocenters. The largest absolute Gasteiger partial charge is 0.506 e. The fraction of sp³-hybridized carbons (Fsp3) is 0.273. The molecule has 0 spiro atoms. The lowest BCUT2D eigenvalue weighted by Crippen LogP contribution is -2.02. The number of nitrogens with two attached hydrogens (primary N) is 1. The van der Waals surface area contributed by atoms with Gasteiger partial charge >= 0.3 is 0 Å². The number of rotatable bonds is 4. The van der Waals surface area contributed by atoms with Crippen LogP contribution in [0.5, 0.6) is 5.75 Å². The number of benzene rings is 1. The lowest BCUT2D eigenvalue weighted by molar-refractivity contribution is 0.477. The van der Waals surface area contributed by atoms with Crippen molar-refractivity contribution in [3.05, 3.63) is 29.5 Å². The second-order valence-electron chi connectivity index (χ2n) is 3.11. The molecule has 0 radical (unpaired) electrons. The average molecular weight is 206 g/mol. The molecule has 1 rings (SSSR count). The predicted octanol–water partition coefficient (Wildman–Crippen LogP) is 1.39. The topological polar surface area (TPSA) is 75.4 Å². The maximum Gasteiger partial charge on any atom is 0.145 e. The van der Waals surface area contributed by atoms with Crippen molar-refractivity contribution < 1.29 is 9.90 Å². The minimum absolute atomic E-state index is 0.0911. The molecule has 0 aliphatic heterocycles. The Labute approximate surface area is 88.4 Å². The smallest absolute Gasteiger partial charge is 0.145 e. The van der Waals surface area contributed by atoms with E-state index in [0.29, 0.717) is 24.4 Å². The Morgan fingerprint density at radius 1 is 1.60 bits per heavy atom. The fourth-order valence-corrected chi connectivity index (χ4v) is 1.16. The summed E-state index contributed by atoms with van der Waals surface area (Å²) in [5.74, 6) is 1.87. The number of aromatic hydroxyl groups is 1. The van der Waals surface area contributed by atoms with E-state index in [2.05, 4.69) is 5.32 Å². The zero-order valence-electron chi connectivity index (χ0n) is 8.58. The Hall–Kier alpha value is -1.77. The van der Waals surface area contributed by atoms with Crippen molar-refractivity contribution in [2.45, 2.75) is 19.9 Å². The molecule has 0 atom stereocenters. The average Bonchev–Trinajstić information content (AvgIpc) is 2.28. The monoisotopic (exact) mass is 206 g/mol. The Balaban J connectivity index is 2.97. The summed E-state index contributed by atoms with van der Waals surface area (Å²) < 4.78 is 0. The van der Waals surface area contributed by atoms with E-state index in [9.17, 15) is 9.90 Å². The maximum atomic E-state index is 10.5. The third-order valence-electron chi connectivity index (χ3n) is 2.06. The second kappa shape index (κ2) is 5.20. The van der Waals surface area contributed by atoms with Gasteiger partial charge in [0.05, 0.1) is 5.69 Å². The van der Waals surface area contributed by atoms with Crippen LogP contribution in [0.3, 0.4) is 0 Å².